The van der Waals surface area contributed by atoms with Gasteiger partial charge in [0.25, 0.3) is 0 Å². The molecule has 2 aliphatic rings. The van der Waals surface area contributed by atoms with E-state index in [4.69, 9.17) is 4.74 Å². The third kappa shape index (κ3) is 0.721. The van der Waals surface area contributed by atoms with Gasteiger partial charge in [0.1, 0.15) is 5.60 Å². The third-order valence-corrected chi connectivity index (χ3v) is 3.09. The van der Waals surface area contributed by atoms with E-state index in [0.717, 1.165) is 0 Å². The Kier molecular flexibility index (Phi) is 1.17. The topological polar surface area (TPSA) is 12.5 Å². The van der Waals surface area contributed by atoms with E-state index in [1.165, 1.54) is 24.8 Å². The van der Waals surface area contributed by atoms with Crippen LogP contribution in [0.2, 0.25) is 0 Å². The van der Waals surface area contributed by atoms with E-state index in [2.05, 4.69) is 30.3 Å². The lowest BCUT2D eigenvalue weighted by Gasteiger charge is -2.07. The number of ether oxygens (including phenoxy) is 1. The molecule has 62 valence electrons. The summed E-state index contributed by atoms with van der Waals surface area (Å²) in [5, 5.41) is 0. The second-order valence-corrected chi connectivity index (χ2v) is 3.75. The fourth-order valence-corrected chi connectivity index (χ4v) is 2.40. The predicted octanol–water partition coefficient (Wildman–Crippen LogP) is 2.46. The molecule has 0 aromatic heterocycles. The average molecular weight is 160 g/mol. The molecule has 1 heteroatoms. The summed E-state index contributed by atoms with van der Waals surface area (Å²) in [4.78, 5) is 0. The van der Waals surface area contributed by atoms with E-state index in [1.807, 2.05) is 0 Å². The van der Waals surface area contributed by atoms with Gasteiger partial charge in [-0.25, -0.2) is 0 Å². The first-order valence-electron chi connectivity index (χ1n) is 4.65. The third-order valence-electron chi connectivity index (χ3n) is 3.09. The van der Waals surface area contributed by atoms with Gasteiger partial charge in [-0.3, -0.25) is 0 Å². The minimum atomic E-state index is 0.154. The molecule has 1 saturated heterocycles. The van der Waals surface area contributed by atoms with Crippen molar-refractivity contribution in [1.29, 1.82) is 0 Å². The van der Waals surface area contributed by atoms with Gasteiger partial charge in [-0.1, -0.05) is 30.3 Å². The number of epoxide rings is 1. The summed E-state index contributed by atoms with van der Waals surface area (Å²) in [6.07, 6.45) is 4.36. The monoisotopic (exact) mass is 160 g/mol. The summed E-state index contributed by atoms with van der Waals surface area (Å²) in [7, 11) is 0. The van der Waals surface area contributed by atoms with Crippen LogP contribution in [0.1, 0.15) is 24.8 Å². The van der Waals surface area contributed by atoms with Crippen molar-refractivity contribution in [3.05, 3.63) is 35.9 Å². The maximum absolute atomic E-state index is 5.73. The van der Waals surface area contributed by atoms with Crippen LogP contribution in [0, 0.1) is 0 Å². The first-order valence-corrected chi connectivity index (χ1v) is 4.65. The molecule has 0 unspecified atom stereocenters. The lowest BCUT2D eigenvalue weighted by atomic mass is 9.97. The number of hydrogen-bond acceptors (Lipinski definition) is 1. The fourth-order valence-electron chi connectivity index (χ4n) is 2.40. The second kappa shape index (κ2) is 2.11. The molecule has 1 heterocycles. The molecule has 0 spiro atoms. The molecule has 1 aromatic carbocycles. The quantitative estimate of drug-likeness (QED) is 0.575. The van der Waals surface area contributed by atoms with Crippen LogP contribution >= 0.6 is 0 Å². The summed E-state index contributed by atoms with van der Waals surface area (Å²) in [6.45, 7) is 0. The lowest BCUT2D eigenvalue weighted by Crippen LogP contribution is -2.06. The summed E-state index contributed by atoms with van der Waals surface area (Å²) < 4.78 is 5.73. The van der Waals surface area contributed by atoms with Gasteiger partial charge < -0.3 is 4.74 Å². The van der Waals surface area contributed by atoms with Crippen LogP contribution in [-0.2, 0) is 10.3 Å². The lowest BCUT2D eigenvalue weighted by molar-refractivity contribution is 0.253. The second-order valence-electron chi connectivity index (χ2n) is 3.75. The molecule has 12 heavy (non-hydrogen) atoms. The van der Waals surface area contributed by atoms with Crippen LogP contribution in [0.4, 0.5) is 0 Å². The van der Waals surface area contributed by atoms with Crippen molar-refractivity contribution in [2.24, 2.45) is 0 Å². The van der Waals surface area contributed by atoms with Gasteiger partial charge in [0.05, 0.1) is 6.10 Å². The summed E-state index contributed by atoms with van der Waals surface area (Å²) >= 11 is 0. The van der Waals surface area contributed by atoms with Crippen molar-refractivity contribution in [3.63, 3.8) is 0 Å². The Balaban J connectivity index is 2.00. The van der Waals surface area contributed by atoms with Crippen molar-refractivity contribution < 1.29 is 4.74 Å². The van der Waals surface area contributed by atoms with E-state index >= 15 is 0 Å². The van der Waals surface area contributed by atoms with Crippen LogP contribution in [-0.4, -0.2) is 6.10 Å². The molecule has 1 aliphatic carbocycles. The molecule has 1 aromatic rings. The number of benzene rings is 1. The Hall–Kier alpha value is -0.820. The zero-order valence-corrected chi connectivity index (χ0v) is 6.99. The summed E-state index contributed by atoms with van der Waals surface area (Å²) in [6, 6.07) is 10.6. The van der Waals surface area contributed by atoms with E-state index in [1.54, 1.807) is 0 Å². The summed E-state index contributed by atoms with van der Waals surface area (Å²) in [5.41, 5.74) is 1.54. The molecule has 0 N–H and O–H groups in total. The maximum atomic E-state index is 5.73. The van der Waals surface area contributed by atoms with Crippen LogP contribution in [0.25, 0.3) is 0 Å². The van der Waals surface area contributed by atoms with Crippen molar-refractivity contribution in [3.8, 4) is 0 Å². The van der Waals surface area contributed by atoms with Crippen molar-refractivity contribution in [1.82, 2.24) is 0 Å². The van der Waals surface area contributed by atoms with Crippen molar-refractivity contribution in [2.75, 3.05) is 0 Å². The van der Waals surface area contributed by atoms with Gasteiger partial charge in [-0.2, -0.15) is 0 Å². The van der Waals surface area contributed by atoms with E-state index in [0.29, 0.717) is 6.10 Å². The molecule has 2 fully saturated rings. The Labute approximate surface area is 72.4 Å². The van der Waals surface area contributed by atoms with Crippen molar-refractivity contribution >= 4 is 0 Å². The molecule has 1 aliphatic heterocycles. The highest BCUT2D eigenvalue weighted by atomic mass is 16.6. The largest absolute Gasteiger partial charge is 0.361 e. The van der Waals surface area contributed by atoms with Gasteiger partial charge in [0.15, 0.2) is 0 Å². The SMILES string of the molecule is c1ccc([C@@]23CCC[C@H]2O3)cc1. The van der Waals surface area contributed by atoms with E-state index in [9.17, 15) is 0 Å². The zero-order valence-electron chi connectivity index (χ0n) is 6.99. The van der Waals surface area contributed by atoms with Crippen LogP contribution < -0.4 is 0 Å². The molecule has 1 nitrogen and oxygen atoms in total. The minimum Gasteiger partial charge on any atom is -0.361 e. The molecule has 1 saturated carbocycles. The first kappa shape index (κ1) is 6.67. The Morgan fingerprint density at radius 2 is 2.08 bits per heavy atom. The van der Waals surface area contributed by atoms with Gasteiger partial charge in [0.2, 0.25) is 0 Å². The van der Waals surface area contributed by atoms with Crippen LogP contribution in [0.5, 0.6) is 0 Å². The van der Waals surface area contributed by atoms with E-state index < -0.39 is 0 Å². The first-order chi connectivity index (χ1) is 5.92. The molecular weight excluding hydrogens is 148 g/mol. The predicted molar refractivity (Wildman–Crippen MR) is 46.8 cm³/mol. The highest BCUT2D eigenvalue weighted by Gasteiger charge is 2.60. The Bertz CT molecular complexity index is 293. The Morgan fingerprint density at radius 3 is 2.67 bits per heavy atom. The van der Waals surface area contributed by atoms with E-state index in [-0.39, 0.29) is 5.60 Å². The van der Waals surface area contributed by atoms with Gasteiger partial charge in [-0.05, 0) is 24.8 Å². The molecule has 0 bridgehead atoms. The molecular formula is C11H12O. The standard InChI is InChI=1S/C11H12O/c1-2-5-9(6-3-1)11-8-4-7-10(11)12-11/h1-3,5-6,10H,4,7-8H2/t10-,11+/m1/s1. The Morgan fingerprint density at radius 1 is 1.25 bits per heavy atom. The molecule has 3 rings (SSSR count). The minimum absolute atomic E-state index is 0.154. The maximum Gasteiger partial charge on any atom is 0.120 e. The molecule has 0 amide bonds. The summed E-state index contributed by atoms with van der Waals surface area (Å²) in [5.74, 6) is 0. The smallest absolute Gasteiger partial charge is 0.120 e. The highest BCUT2D eigenvalue weighted by Crippen LogP contribution is 2.56. The van der Waals surface area contributed by atoms with Crippen LogP contribution in [0.3, 0.4) is 0 Å². The zero-order chi connectivity index (χ0) is 8.02. The number of fused-ring (bicyclic) bond motifs is 1. The van der Waals surface area contributed by atoms with Gasteiger partial charge >= 0.3 is 0 Å². The average Bonchev–Trinajstić information content (AvgIpc) is 2.72. The van der Waals surface area contributed by atoms with Gasteiger partial charge in [-0.15, -0.1) is 0 Å². The fraction of sp³-hybridized carbons (Fsp3) is 0.455. The van der Waals surface area contributed by atoms with Crippen molar-refractivity contribution in [2.45, 2.75) is 31.0 Å². The van der Waals surface area contributed by atoms with Crippen LogP contribution in [0.15, 0.2) is 30.3 Å². The van der Waals surface area contributed by atoms with Gasteiger partial charge in [0, 0.05) is 0 Å². The normalized spacial score (nSPS) is 37.8. The number of rotatable bonds is 1. The molecule has 2 atom stereocenters. The highest BCUT2D eigenvalue weighted by molar-refractivity contribution is 5.30. The number of hydrogen-bond donors (Lipinski definition) is 0. The molecule has 0 radical (unpaired) electrons.